The van der Waals surface area contributed by atoms with Crippen LogP contribution in [-0.4, -0.2) is 67.4 Å². The zero-order valence-electron chi connectivity index (χ0n) is 19.2. The highest BCUT2D eigenvalue weighted by molar-refractivity contribution is 5.91. The Balaban J connectivity index is 1.19. The summed E-state index contributed by atoms with van der Waals surface area (Å²) in [5, 5.41) is 6.53. The molecular formula is C24H23N11O. The van der Waals surface area contributed by atoms with Crippen LogP contribution in [0.25, 0.3) is 28.4 Å². The van der Waals surface area contributed by atoms with Crippen LogP contribution in [0.5, 0.6) is 0 Å². The van der Waals surface area contributed by atoms with Crippen LogP contribution in [0.3, 0.4) is 0 Å². The van der Waals surface area contributed by atoms with Crippen molar-refractivity contribution in [1.29, 1.82) is 0 Å². The van der Waals surface area contributed by atoms with Crippen molar-refractivity contribution in [2.24, 2.45) is 0 Å². The van der Waals surface area contributed by atoms with E-state index >= 15 is 0 Å². The van der Waals surface area contributed by atoms with Gasteiger partial charge in [-0.1, -0.05) is 0 Å². The number of pyridine rings is 1. The van der Waals surface area contributed by atoms with Crippen LogP contribution in [0.15, 0.2) is 49.4 Å². The zero-order chi connectivity index (χ0) is 24.2. The van der Waals surface area contributed by atoms with Crippen molar-refractivity contribution < 1.29 is 4.79 Å². The maximum atomic E-state index is 13.0. The molecule has 0 aromatic carbocycles. The molecule has 2 aliphatic heterocycles. The fourth-order valence-corrected chi connectivity index (χ4v) is 5.71. The molecular weight excluding hydrogens is 458 g/mol. The quantitative estimate of drug-likeness (QED) is 0.353. The number of nitrogen functional groups attached to an aromatic ring is 1. The second kappa shape index (κ2) is 7.97. The molecule has 0 radical (unpaired) electrons. The van der Waals surface area contributed by atoms with Gasteiger partial charge in [0.25, 0.3) is 5.91 Å². The highest BCUT2D eigenvalue weighted by Crippen LogP contribution is 2.43. The lowest BCUT2D eigenvalue weighted by atomic mass is 9.88. The summed E-state index contributed by atoms with van der Waals surface area (Å²) in [7, 11) is 0. The Labute approximate surface area is 205 Å². The lowest BCUT2D eigenvalue weighted by Crippen LogP contribution is -2.46. The number of carbonyl (C=O) groups is 1. The van der Waals surface area contributed by atoms with E-state index in [9.17, 15) is 4.79 Å². The summed E-state index contributed by atoms with van der Waals surface area (Å²) in [4.78, 5) is 40.2. The van der Waals surface area contributed by atoms with Crippen LogP contribution in [0.2, 0.25) is 0 Å². The van der Waals surface area contributed by atoms with Crippen LogP contribution in [0.1, 0.15) is 47.9 Å². The van der Waals surface area contributed by atoms with Crippen LogP contribution in [-0.2, 0) is 0 Å². The number of fused-ring (bicyclic) bond motifs is 3. The summed E-state index contributed by atoms with van der Waals surface area (Å²) < 4.78 is 2.00. The first-order valence-corrected chi connectivity index (χ1v) is 11.9. The van der Waals surface area contributed by atoms with Gasteiger partial charge in [-0.2, -0.15) is 5.10 Å². The van der Waals surface area contributed by atoms with Gasteiger partial charge in [0.15, 0.2) is 17.3 Å². The molecule has 12 heteroatoms. The normalized spacial score (nSPS) is 21.3. The third-order valence-electron chi connectivity index (χ3n) is 7.34. The van der Waals surface area contributed by atoms with Crippen LogP contribution in [0, 0.1) is 0 Å². The number of rotatable bonds is 4. The lowest BCUT2D eigenvalue weighted by molar-refractivity contribution is 0.0557. The van der Waals surface area contributed by atoms with Gasteiger partial charge in [-0.25, -0.2) is 19.9 Å². The number of aromatic nitrogens is 9. The standard InChI is InChI=1S/C24H23N11O/c25-20-23-29-10-19(13-1-4-17(28-9-13)21-26-5-6-27-21)34(23)11-18(32-20)14-7-15-2-3-16(8-14)35(15)24(36)22-30-12-31-33-22/h1,4-6,9-12,14-16H,2-3,7-8H2,(H2,25,32)(H,26,27)(H,30,31,33)/t15-,16-/m1/s1. The maximum Gasteiger partial charge on any atom is 0.291 e. The summed E-state index contributed by atoms with van der Waals surface area (Å²) in [6, 6.07) is 4.22. The van der Waals surface area contributed by atoms with E-state index < -0.39 is 0 Å². The molecule has 2 saturated heterocycles. The summed E-state index contributed by atoms with van der Waals surface area (Å²) >= 11 is 0. The second-order valence-electron chi connectivity index (χ2n) is 9.36. The van der Waals surface area contributed by atoms with Gasteiger partial charge < -0.3 is 15.6 Å². The minimum atomic E-state index is -0.0798. The van der Waals surface area contributed by atoms with E-state index in [-0.39, 0.29) is 23.9 Å². The molecule has 36 heavy (non-hydrogen) atoms. The SMILES string of the molecule is Nc1nc(C2C[C@H]3CC[C@H](C2)N3C(=O)c2ncn[nH]2)cn2c(-c3ccc(-c4ncc[nH]4)nc3)cnc12. The highest BCUT2D eigenvalue weighted by atomic mass is 16.2. The second-order valence-corrected chi connectivity index (χ2v) is 9.36. The third kappa shape index (κ3) is 3.25. The van der Waals surface area contributed by atoms with Gasteiger partial charge >= 0.3 is 0 Å². The third-order valence-corrected chi connectivity index (χ3v) is 7.34. The molecule has 4 N–H and O–H groups in total. The number of nitrogens with one attached hydrogen (secondary N) is 2. The average Bonchev–Trinajstić information content (AvgIpc) is 3.70. The van der Waals surface area contributed by atoms with Crippen molar-refractivity contribution in [3.63, 3.8) is 0 Å². The molecule has 12 nitrogen and oxygen atoms in total. The number of imidazole rings is 2. The molecule has 7 heterocycles. The van der Waals surface area contributed by atoms with Crippen molar-refractivity contribution in [2.45, 2.75) is 43.7 Å². The molecule has 7 rings (SSSR count). The zero-order valence-corrected chi connectivity index (χ0v) is 19.2. The molecule has 0 aliphatic carbocycles. The number of piperidine rings is 1. The molecule has 2 aliphatic rings. The van der Waals surface area contributed by atoms with E-state index in [4.69, 9.17) is 10.7 Å². The van der Waals surface area contributed by atoms with E-state index in [1.54, 1.807) is 18.6 Å². The largest absolute Gasteiger partial charge is 0.381 e. The van der Waals surface area contributed by atoms with Gasteiger partial charge in [0.2, 0.25) is 5.82 Å². The van der Waals surface area contributed by atoms with Crippen molar-refractivity contribution >= 4 is 17.4 Å². The highest BCUT2D eigenvalue weighted by Gasteiger charge is 2.45. The monoisotopic (exact) mass is 481 g/mol. The van der Waals surface area contributed by atoms with Gasteiger partial charge in [0.1, 0.15) is 12.0 Å². The molecule has 0 unspecified atom stereocenters. The summed E-state index contributed by atoms with van der Waals surface area (Å²) in [6.07, 6.45) is 14.1. The maximum absolute atomic E-state index is 13.0. The first-order valence-electron chi connectivity index (χ1n) is 11.9. The lowest BCUT2D eigenvalue weighted by Gasteiger charge is -2.38. The molecule has 2 atom stereocenters. The smallest absolute Gasteiger partial charge is 0.291 e. The molecule has 0 saturated carbocycles. The minimum Gasteiger partial charge on any atom is -0.381 e. The Bertz CT molecular complexity index is 1530. The fraction of sp³-hybridized carbons (Fsp3) is 0.292. The summed E-state index contributed by atoms with van der Waals surface area (Å²) in [5.41, 5.74) is 10.5. The number of nitrogens with two attached hydrogens (primary N) is 1. The number of H-pyrrole nitrogens is 2. The molecule has 2 fully saturated rings. The Morgan fingerprint density at radius 2 is 1.92 bits per heavy atom. The first-order chi connectivity index (χ1) is 17.7. The van der Waals surface area contributed by atoms with E-state index in [1.807, 2.05) is 33.8 Å². The number of aromatic amines is 2. The van der Waals surface area contributed by atoms with Gasteiger partial charge in [0.05, 0.1) is 17.6 Å². The van der Waals surface area contributed by atoms with Gasteiger partial charge in [-0.05, 0) is 37.8 Å². The Morgan fingerprint density at radius 1 is 1.06 bits per heavy atom. The minimum absolute atomic E-state index is 0.0798. The van der Waals surface area contributed by atoms with Crippen LogP contribution in [0.4, 0.5) is 5.82 Å². The van der Waals surface area contributed by atoms with E-state index in [0.29, 0.717) is 17.3 Å². The number of anilines is 1. The predicted octanol–water partition coefficient (Wildman–Crippen LogP) is 2.43. The van der Waals surface area contributed by atoms with Crippen molar-refractivity contribution in [3.8, 4) is 22.8 Å². The topological polar surface area (TPSA) is 160 Å². The average molecular weight is 482 g/mol. The Hall–Kier alpha value is -4.61. The number of amides is 1. The Morgan fingerprint density at radius 3 is 2.61 bits per heavy atom. The van der Waals surface area contributed by atoms with E-state index in [2.05, 4.69) is 35.1 Å². The number of nitrogens with zero attached hydrogens (tertiary/aromatic N) is 8. The van der Waals surface area contributed by atoms with Crippen molar-refractivity contribution in [1.82, 2.24) is 49.4 Å². The fourth-order valence-electron chi connectivity index (χ4n) is 5.71. The molecule has 1 amide bonds. The summed E-state index contributed by atoms with van der Waals surface area (Å²) in [6.45, 7) is 0. The van der Waals surface area contributed by atoms with Crippen LogP contribution >= 0.6 is 0 Å². The van der Waals surface area contributed by atoms with Gasteiger partial charge in [-0.3, -0.25) is 19.3 Å². The molecule has 5 aromatic rings. The van der Waals surface area contributed by atoms with Crippen molar-refractivity contribution in [3.05, 3.63) is 61.0 Å². The molecule has 2 bridgehead atoms. The molecule has 5 aromatic heterocycles. The van der Waals surface area contributed by atoms with Crippen LogP contribution < -0.4 is 5.73 Å². The van der Waals surface area contributed by atoms with Gasteiger partial charge in [0, 0.05) is 48.4 Å². The molecule has 0 spiro atoms. The Kier molecular flexibility index (Phi) is 4.59. The predicted molar refractivity (Wildman–Crippen MR) is 130 cm³/mol. The van der Waals surface area contributed by atoms with Crippen molar-refractivity contribution in [2.75, 3.05) is 5.73 Å². The van der Waals surface area contributed by atoms with Gasteiger partial charge in [-0.15, -0.1) is 0 Å². The first kappa shape index (κ1) is 20.7. The molecule has 180 valence electrons. The summed E-state index contributed by atoms with van der Waals surface area (Å²) in [5.74, 6) is 1.53. The number of hydrogen-bond donors (Lipinski definition) is 3. The number of hydrogen-bond acceptors (Lipinski definition) is 8. The van der Waals surface area contributed by atoms with E-state index in [0.717, 1.165) is 54.2 Å². The number of carbonyl (C=O) groups excluding carboxylic acids is 1. The van der Waals surface area contributed by atoms with E-state index in [1.165, 1.54) is 6.33 Å².